The molecule has 0 atom stereocenters. The summed E-state index contributed by atoms with van der Waals surface area (Å²) >= 11 is 0. The summed E-state index contributed by atoms with van der Waals surface area (Å²) < 4.78 is 7.63. The third-order valence-electron chi connectivity index (χ3n) is 8.58. The van der Waals surface area contributed by atoms with Gasteiger partial charge in [-0.05, 0) is 73.6 Å². The molecule has 1 N–H and O–H groups in total. The van der Waals surface area contributed by atoms with Crippen molar-refractivity contribution in [2.75, 3.05) is 26.3 Å². The molecule has 0 radical (unpaired) electrons. The van der Waals surface area contributed by atoms with Crippen LogP contribution in [0.15, 0.2) is 53.5 Å². The van der Waals surface area contributed by atoms with Gasteiger partial charge in [-0.1, -0.05) is 37.1 Å². The lowest BCUT2D eigenvalue weighted by Crippen LogP contribution is -2.35. The molecule has 2 aromatic heterocycles. The molecule has 2 fully saturated rings. The molecule has 0 amide bonds. The van der Waals surface area contributed by atoms with Gasteiger partial charge in [-0.25, -0.2) is 0 Å². The van der Waals surface area contributed by atoms with Gasteiger partial charge in [0, 0.05) is 48.3 Å². The molecule has 7 heteroatoms. The SMILES string of the molecule is Cc1cc(C)c(CCC(=O)c2cc(-c3ccc(CN4CCOCC4)cc3)cc3c2cnn3C2CCCC2)c(=O)[nH]1. The minimum Gasteiger partial charge on any atom is -0.379 e. The lowest BCUT2D eigenvalue weighted by atomic mass is 9.94. The normalized spacial score (nSPS) is 16.6. The molecule has 3 heterocycles. The Hall–Kier alpha value is -3.55. The van der Waals surface area contributed by atoms with E-state index in [2.05, 4.69) is 44.9 Å². The van der Waals surface area contributed by atoms with Crippen molar-refractivity contribution in [1.29, 1.82) is 0 Å². The molecule has 0 spiro atoms. The number of rotatable bonds is 8. The Labute approximate surface area is 235 Å². The number of aryl methyl sites for hydroxylation is 2. The number of aromatic amines is 1. The third-order valence-corrected chi connectivity index (χ3v) is 8.58. The number of benzene rings is 2. The fourth-order valence-corrected chi connectivity index (χ4v) is 6.37. The predicted molar refractivity (Wildman–Crippen MR) is 158 cm³/mol. The highest BCUT2D eigenvalue weighted by Gasteiger charge is 2.23. The summed E-state index contributed by atoms with van der Waals surface area (Å²) in [6.45, 7) is 8.24. The highest BCUT2D eigenvalue weighted by molar-refractivity contribution is 6.09. The van der Waals surface area contributed by atoms with E-state index < -0.39 is 0 Å². The Kier molecular flexibility index (Phi) is 7.67. The lowest BCUT2D eigenvalue weighted by Gasteiger charge is -2.26. The van der Waals surface area contributed by atoms with E-state index in [1.807, 2.05) is 32.2 Å². The maximum Gasteiger partial charge on any atom is 0.251 e. The zero-order chi connectivity index (χ0) is 27.6. The zero-order valence-electron chi connectivity index (χ0n) is 23.5. The Morgan fingerprint density at radius 2 is 1.77 bits per heavy atom. The first-order valence-electron chi connectivity index (χ1n) is 14.6. The average molecular weight is 539 g/mol. The van der Waals surface area contributed by atoms with Crippen molar-refractivity contribution < 1.29 is 9.53 Å². The first kappa shape index (κ1) is 26.7. The average Bonchev–Trinajstić information content (AvgIpc) is 3.63. The van der Waals surface area contributed by atoms with Crippen molar-refractivity contribution in [2.45, 2.75) is 65.0 Å². The second kappa shape index (κ2) is 11.5. The molecule has 1 aliphatic carbocycles. The van der Waals surface area contributed by atoms with Crippen molar-refractivity contribution in [3.63, 3.8) is 0 Å². The number of carbonyl (C=O) groups excluding carboxylic acids is 1. The first-order chi connectivity index (χ1) is 19.5. The minimum atomic E-state index is -0.101. The van der Waals surface area contributed by atoms with Gasteiger partial charge in [0.1, 0.15) is 0 Å². The van der Waals surface area contributed by atoms with Crippen LogP contribution in [0.5, 0.6) is 0 Å². The monoisotopic (exact) mass is 538 g/mol. The smallest absolute Gasteiger partial charge is 0.251 e. The Morgan fingerprint density at radius 1 is 1.02 bits per heavy atom. The lowest BCUT2D eigenvalue weighted by molar-refractivity contribution is 0.0342. The number of hydrogen-bond acceptors (Lipinski definition) is 5. The van der Waals surface area contributed by atoms with E-state index in [0.717, 1.165) is 79.0 Å². The van der Waals surface area contributed by atoms with E-state index in [0.29, 0.717) is 23.6 Å². The summed E-state index contributed by atoms with van der Waals surface area (Å²) in [4.78, 5) is 31.6. The topological polar surface area (TPSA) is 80.2 Å². The molecule has 2 aromatic carbocycles. The van der Waals surface area contributed by atoms with Crippen LogP contribution in [0.2, 0.25) is 0 Å². The number of hydrogen-bond donors (Lipinski definition) is 1. The number of nitrogens with one attached hydrogen (secondary N) is 1. The summed E-state index contributed by atoms with van der Waals surface area (Å²) in [6, 6.07) is 15.3. The van der Waals surface area contributed by atoms with Crippen LogP contribution < -0.4 is 5.56 Å². The Balaban J connectivity index is 1.32. The van der Waals surface area contributed by atoms with Crippen LogP contribution in [0.1, 0.15) is 70.9 Å². The molecule has 7 nitrogen and oxygen atoms in total. The van der Waals surface area contributed by atoms with Crippen molar-refractivity contribution in [2.24, 2.45) is 0 Å². The standard InChI is InChI=1S/C33H38N4O3/c1-22-17-23(2)35-33(39)28(22)11-12-32(38)29-18-26(19-31-30(29)20-34-37(31)27-5-3-4-6-27)25-9-7-24(8-10-25)21-36-13-15-40-16-14-36/h7-10,17-20,27H,3-6,11-16,21H2,1-2H3,(H,35,39). The van der Waals surface area contributed by atoms with Crippen LogP contribution in [0, 0.1) is 13.8 Å². The van der Waals surface area contributed by atoms with Gasteiger partial charge in [0.2, 0.25) is 0 Å². The second-order valence-electron chi connectivity index (χ2n) is 11.4. The number of pyridine rings is 1. The van der Waals surface area contributed by atoms with Crippen LogP contribution in [0.3, 0.4) is 0 Å². The molecule has 1 saturated carbocycles. The molecule has 1 saturated heterocycles. The molecule has 40 heavy (non-hydrogen) atoms. The van der Waals surface area contributed by atoms with E-state index in [-0.39, 0.29) is 17.8 Å². The summed E-state index contributed by atoms with van der Waals surface area (Å²) in [7, 11) is 0. The van der Waals surface area contributed by atoms with Gasteiger partial charge < -0.3 is 9.72 Å². The van der Waals surface area contributed by atoms with Gasteiger partial charge in [0.05, 0.1) is 31.0 Å². The van der Waals surface area contributed by atoms with Crippen molar-refractivity contribution in [3.05, 3.63) is 87.0 Å². The summed E-state index contributed by atoms with van der Waals surface area (Å²) in [6.07, 6.45) is 7.22. The van der Waals surface area contributed by atoms with Crippen LogP contribution in [-0.2, 0) is 17.7 Å². The molecule has 4 aromatic rings. The fraction of sp³-hybridized carbons (Fsp3) is 0.424. The third kappa shape index (κ3) is 5.54. The molecular weight excluding hydrogens is 500 g/mol. The van der Waals surface area contributed by atoms with Gasteiger partial charge in [0.15, 0.2) is 5.78 Å². The largest absolute Gasteiger partial charge is 0.379 e. The van der Waals surface area contributed by atoms with Gasteiger partial charge in [-0.15, -0.1) is 0 Å². The van der Waals surface area contributed by atoms with Crippen molar-refractivity contribution in [1.82, 2.24) is 19.7 Å². The molecule has 6 rings (SSSR count). The molecule has 1 aliphatic heterocycles. The number of carbonyl (C=O) groups is 1. The number of Topliss-reactive ketones (excluding diaryl/α,β-unsaturated/α-hetero) is 1. The van der Waals surface area contributed by atoms with E-state index in [4.69, 9.17) is 9.84 Å². The predicted octanol–water partition coefficient (Wildman–Crippen LogP) is 5.77. The quantitative estimate of drug-likeness (QED) is 0.288. The molecule has 2 aliphatic rings. The maximum atomic E-state index is 13.7. The molecule has 208 valence electrons. The number of morpholine rings is 1. The van der Waals surface area contributed by atoms with Crippen LogP contribution in [0.25, 0.3) is 22.0 Å². The Bertz CT molecular complexity index is 1570. The highest BCUT2D eigenvalue weighted by Crippen LogP contribution is 2.35. The minimum absolute atomic E-state index is 0.0427. The van der Waals surface area contributed by atoms with Crippen molar-refractivity contribution >= 4 is 16.7 Å². The molecular formula is C33H38N4O3. The van der Waals surface area contributed by atoms with Gasteiger partial charge in [-0.3, -0.25) is 19.2 Å². The first-order valence-corrected chi connectivity index (χ1v) is 14.6. The number of ketones is 1. The van der Waals surface area contributed by atoms with E-state index >= 15 is 0 Å². The molecule has 0 unspecified atom stereocenters. The Morgan fingerprint density at radius 3 is 2.50 bits per heavy atom. The summed E-state index contributed by atoms with van der Waals surface area (Å²) in [5.74, 6) is 0.0427. The molecule has 0 bridgehead atoms. The fourth-order valence-electron chi connectivity index (χ4n) is 6.37. The van der Waals surface area contributed by atoms with E-state index in [1.165, 1.54) is 18.4 Å². The number of fused-ring (bicyclic) bond motifs is 1. The zero-order valence-corrected chi connectivity index (χ0v) is 23.5. The maximum absolute atomic E-state index is 13.7. The van der Waals surface area contributed by atoms with Crippen molar-refractivity contribution in [3.8, 4) is 11.1 Å². The van der Waals surface area contributed by atoms with Crippen LogP contribution in [0.4, 0.5) is 0 Å². The summed E-state index contributed by atoms with van der Waals surface area (Å²) in [5, 5.41) is 5.69. The second-order valence-corrected chi connectivity index (χ2v) is 11.4. The van der Waals surface area contributed by atoms with Gasteiger partial charge >= 0.3 is 0 Å². The van der Waals surface area contributed by atoms with E-state index in [9.17, 15) is 9.59 Å². The number of H-pyrrole nitrogens is 1. The number of aromatic nitrogens is 3. The van der Waals surface area contributed by atoms with Crippen LogP contribution >= 0.6 is 0 Å². The summed E-state index contributed by atoms with van der Waals surface area (Å²) in [5.41, 5.74) is 7.45. The van der Waals surface area contributed by atoms with E-state index in [1.54, 1.807) is 0 Å². The van der Waals surface area contributed by atoms with Crippen LogP contribution in [-0.4, -0.2) is 51.8 Å². The number of nitrogens with zero attached hydrogens (tertiary/aromatic N) is 3. The highest BCUT2D eigenvalue weighted by atomic mass is 16.5. The number of ether oxygens (including phenoxy) is 1. The van der Waals surface area contributed by atoms with Gasteiger partial charge in [-0.2, -0.15) is 5.10 Å². The van der Waals surface area contributed by atoms with Gasteiger partial charge in [0.25, 0.3) is 5.56 Å².